The predicted octanol–water partition coefficient (Wildman–Crippen LogP) is 5.01. The van der Waals surface area contributed by atoms with E-state index in [1.54, 1.807) is 0 Å². The Kier molecular flexibility index (Phi) is 3.82. The number of aryl methyl sites for hydroxylation is 1. The monoisotopic (exact) mass is 300 g/mol. The molecule has 0 saturated heterocycles. The van der Waals surface area contributed by atoms with Crippen molar-refractivity contribution in [1.29, 1.82) is 0 Å². The van der Waals surface area contributed by atoms with E-state index in [0.29, 0.717) is 16.9 Å². The lowest BCUT2D eigenvalue weighted by Gasteiger charge is -2.33. The first-order chi connectivity index (χ1) is 10.4. The van der Waals surface area contributed by atoms with Gasteiger partial charge in [0.25, 0.3) is 0 Å². The molecule has 0 spiro atoms. The Morgan fingerprint density at radius 1 is 1.23 bits per heavy atom. The van der Waals surface area contributed by atoms with Crippen LogP contribution in [0.15, 0.2) is 24.3 Å². The summed E-state index contributed by atoms with van der Waals surface area (Å²) in [6, 6.07) is 7.92. The van der Waals surface area contributed by atoms with E-state index < -0.39 is 0 Å². The lowest BCUT2D eigenvalue weighted by molar-refractivity contribution is 0.0103. The fourth-order valence-corrected chi connectivity index (χ4v) is 4.63. The molecule has 3 rings (SSSR count). The second-order valence-corrected chi connectivity index (χ2v) is 8.02. The molecule has 0 aliphatic heterocycles. The highest BCUT2D eigenvalue weighted by molar-refractivity contribution is 5.89. The number of esters is 1. The average molecular weight is 300 g/mol. The van der Waals surface area contributed by atoms with Gasteiger partial charge in [0, 0.05) is 5.92 Å². The van der Waals surface area contributed by atoms with Crippen LogP contribution in [-0.4, -0.2) is 12.1 Å². The van der Waals surface area contributed by atoms with Crippen molar-refractivity contribution in [3.63, 3.8) is 0 Å². The van der Waals surface area contributed by atoms with E-state index in [0.717, 1.165) is 19.3 Å². The van der Waals surface area contributed by atoms with Crippen LogP contribution in [0.4, 0.5) is 0 Å². The van der Waals surface area contributed by atoms with Gasteiger partial charge in [0.05, 0.1) is 5.56 Å². The summed E-state index contributed by atoms with van der Waals surface area (Å²) in [4.78, 5) is 12.4. The maximum absolute atomic E-state index is 12.4. The van der Waals surface area contributed by atoms with Crippen molar-refractivity contribution in [1.82, 2.24) is 0 Å². The standard InChI is InChI=1S/C20H28O2/c1-5-6-14-7-9-15(10-8-14)18(21)22-17-13-20(4)12-11-16(17)19(20,2)3/h7-10,16-17H,5-6,11-13H2,1-4H3. The number of benzene rings is 1. The molecule has 2 saturated carbocycles. The molecule has 1 aromatic carbocycles. The first-order valence-electron chi connectivity index (χ1n) is 8.67. The summed E-state index contributed by atoms with van der Waals surface area (Å²) in [6.45, 7) is 9.22. The van der Waals surface area contributed by atoms with E-state index in [1.807, 2.05) is 24.3 Å². The van der Waals surface area contributed by atoms with Crippen LogP contribution in [0.25, 0.3) is 0 Å². The average Bonchev–Trinajstić information content (AvgIpc) is 2.80. The molecule has 0 aromatic heterocycles. The molecule has 2 nitrogen and oxygen atoms in total. The van der Waals surface area contributed by atoms with Gasteiger partial charge in [-0.1, -0.05) is 46.2 Å². The molecule has 0 N–H and O–H groups in total. The minimum absolute atomic E-state index is 0.0940. The predicted molar refractivity (Wildman–Crippen MR) is 88.9 cm³/mol. The van der Waals surface area contributed by atoms with Gasteiger partial charge in [-0.25, -0.2) is 4.79 Å². The Labute approximate surface area is 134 Å². The van der Waals surface area contributed by atoms with Crippen molar-refractivity contribution in [2.24, 2.45) is 16.7 Å². The summed E-state index contributed by atoms with van der Waals surface area (Å²) in [5, 5.41) is 0. The van der Waals surface area contributed by atoms with Crippen molar-refractivity contribution < 1.29 is 9.53 Å². The highest BCUT2D eigenvalue weighted by atomic mass is 16.5. The summed E-state index contributed by atoms with van der Waals surface area (Å²) < 4.78 is 5.89. The number of hydrogen-bond acceptors (Lipinski definition) is 2. The quantitative estimate of drug-likeness (QED) is 0.731. The summed E-state index contributed by atoms with van der Waals surface area (Å²) in [5.41, 5.74) is 2.58. The number of fused-ring (bicyclic) bond motifs is 2. The van der Waals surface area contributed by atoms with Crippen molar-refractivity contribution in [2.75, 3.05) is 0 Å². The van der Waals surface area contributed by atoms with E-state index in [1.165, 1.54) is 18.4 Å². The second-order valence-electron chi connectivity index (χ2n) is 8.02. The Bertz CT molecular complexity index is 555. The highest BCUT2D eigenvalue weighted by Gasteiger charge is 2.61. The highest BCUT2D eigenvalue weighted by Crippen LogP contribution is 2.66. The van der Waals surface area contributed by atoms with Gasteiger partial charge in [-0.3, -0.25) is 0 Å². The van der Waals surface area contributed by atoms with Crippen molar-refractivity contribution >= 4 is 5.97 Å². The molecule has 2 aliphatic carbocycles. The normalized spacial score (nSPS) is 32.2. The van der Waals surface area contributed by atoms with Crippen LogP contribution in [0.2, 0.25) is 0 Å². The second kappa shape index (κ2) is 5.40. The Hall–Kier alpha value is -1.31. The molecule has 2 fully saturated rings. The number of ether oxygens (including phenoxy) is 1. The summed E-state index contributed by atoms with van der Waals surface area (Å²) in [5.74, 6) is 0.362. The summed E-state index contributed by atoms with van der Waals surface area (Å²) in [6.07, 6.45) is 5.76. The minimum atomic E-state index is -0.153. The molecule has 2 aliphatic rings. The first kappa shape index (κ1) is 15.6. The maximum atomic E-state index is 12.4. The van der Waals surface area contributed by atoms with Crippen molar-refractivity contribution in [3.05, 3.63) is 35.4 Å². The third-order valence-corrected chi connectivity index (χ3v) is 6.58. The van der Waals surface area contributed by atoms with Crippen LogP contribution < -0.4 is 0 Å². The molecule has 1 aromatic rings. The van der Waals surface area contributed by atoms with Gasteiger partial charge in [-0.2, -0.15) is 0 Å². The number of hydrogen-bond donors (Lipinski definition) is 0. The van der Waals surface area contributed by atoms with Gasteiger partial charge in [0.1, 0.15) is 6.10 Å². The first-order valence-corrected chi connectivity index (χ1v) is 8.67. The number of rotatable bonds is 4. The smallest absolute Gasteiger partial charge is 0.338 e. The van der Waals surface area contributed by atoms with Crippen LogP contribution in [0.3, 0.4) is 0 Å². The van der Waals surface area contributed by atoms with E-state index in [2.05, 4.69) is 27.7 Å². The largest absolute Gasteiger partial charge is 0.458 e. The lowest BCUT2D eigenvalue weighted by atomic mass is 9.71. The summed E-state index contributed by atoms with van der Waals surface area (Å²) in [7, 11) is 0. The fraction of sp³-hybridized carbons (Fsp3) is 0.650. The Morgan fingerprint density at radius 3 is 2.41 bits per heavy atom. The van der Waals surface area contributed by atoms with Crippen LogP contribution in [-0.2, 0) is 11.2 Å². The van der Waals surface area contributed by atoms with E-state index in [4.69, 9.17) is 4.74 Å². The zero-order valence-electron chi connectivity index (χ0n) is 14.3. The molecular weight excluding hydrogens is 272 g/mol. The molecule has 0 amide bonds. The Balaban J connectivity index is 1.68. The van der Waals surface area contributed by atoms with E-state index >= 15 is 0 Å². The topological polar surface area (TPSA) is 26.3 Å². The Morgan fingerprint density at radius 2 is 1.91 bits per heavy atom. The van der Waals surface area contributed by atoms with Gasteiger partial charge in [0.2, 0.25) is 0 Å². The molecule has 3 unspecified atom stereocenters. The third kappa shape index (κ3) is 2.37. The molecule has 3 atom stereocenters. The molecule has 2 heteroatoms. The summed E-state index contributed by atoms with van der Waals surface area (Å²) >= 11 is 0. The molecule has 0 radical (unpaired) electrons. The lowest BCUT2D eigenvalue weighted by Crippen LogP contribution is -2.28. The van der Waals surface area contributed by atoms with E-state index in [9.17, 15) is 4.79 Å². The fourth-order valence-electron chi connectivity index (χ4n) is 4.63. The SMILES string of the molecule is CCCc1ccc(C(=O)OC2CC3(C)CCC2C3(C)C)cc1. The molecule has 0 heterocycles. The number of carbonyl (C=O) groups is 1. The van der Waals surface area contributed by atoms with Crippen LogP contribution in [0.1, 0.15) is 69.3 Å². The zero-order valence-corrected chi connectivity index (χ0v) is 14.3. The van der Waals surface area contributed by atoms with Gasteiger partial charge in [0.15, 0.2) is 0 Å². The maximum Gasteiger partial charge on any atom is 0.338 e. The van der Waals surface area contributed by atoms with Crippen molar-refractivity contribution in [2.45, 2.75) is 65.9 Å². The van der Waals surface area contributed by atoms with Crippen molar-refractivity contribution in [3.8, 4) is 0 Å². The number of carbonyl (C=O) groups excluding carboxylic acids is 1. The van der Waals surface area contributed by atoms with E-state index in [-0.39, 0.29) is 17.5 Å². The van der Waals surface area contributed by atoms with Gasteiger partial charge < -0.3 is 4.74 Å². The molecule has 120 valence electrons. The molecular formula is C20H28O2. The van der Waals surface area contributed by atoms with Crippen LogP contribution in [0, 0.1) is 16.7 Å². The zero-order chi connectivity index (χ0) is 16.0. The van der Waals surface area contributed by atoms with Crippen LogP contribution in [0.5, 0.6) is 0 Å². The van der Waals surface area contributed by atoms with Crippen LogP contribution >= 0.6 is 0 Å². The van der Waals surface area contributed by atoms with Gasteiger partial charge >= 0.3 is 5.97 Å². The van der Waals surface area contributed by atoms with Gasteiger partial charge in [-0.15, -0.1) is 0 Å². The minimum Gasteiger partial charge on any atom is -0.458 e. The van der Waals surface area contributed by atoms with Gasteiger partial charge in [-0.05, 0) is 54.2 Å². The third-order valence-electron chi connectivity index (χ3n) is 6.58. The molecule has 2 bridgehead atoms. The molecule has 22 heavy (non-hydrogen) atoms.